The van der Waals surface area contributed by atoms with Gasteiger partial charge in [0.1, 0.15) is 0 Å². The first-order valence-electron chi connectivity index (χ1n) is 5.56. The normalized spacial score (nSPS) is 15.3. The zero-order chi connectivity index (χ0) is 10.4. The quantitative estimate of drug-likeness (QED) is 0.497. The molecule has 0 aromatic carbocycles. The van der Waals surface area contributed by atoms with Crippen molar-refractivity contribution < 1.29 is 4.89 Å². The molecule has 0 unspecified atom stereocenters. The van der Waals surface area contributed by atoms with Crippen LogP contribution >= 0.6 is 6.83 Å². The molecule has 0 amide bonds. The molecule has 0 spiro atoms. The summed E-state index contributed by atoms with van der Waals surface area (Å²) in [6.07, 6.45) is 8.95. The van der Waals surface area contributed by atoms with Crippen LogP contribution in [0.4, 0.5) is 0 Å². The SMILES string of the molecule is CCCCCCCCP(C)(C)(C)O. The van der Waals surface area contributed by atoms with Gasteiger partial charge in [0.25, 0.3) is 0 Å². The molecule has 0 atom stereocenters. The van der Waals surface area contributed by atoms with Gasteiger partial charge in [-0.25, -0.2) is 0 Å². The van der Waals surface area contributed by atoms with Crippen molar-refractivity contribution in [2.75, 3.05) is 26.2 Å². The summed E-state index contributed by atoms with van der Waals surface area (Å²) in [6.45, 7) is 6.18. The van der Waals surface area contributed by atoms with E-state index >= 15 is 0 Å². The number of hydrogen-bond donors (Lipinski definition) is 1. The van der Waals surface area contributed by atoms with Gasteiger partial charge >= 0.3 is 83.3 Å². The summed E-state index contributed by atoms with van der Waals surface area (Å²) in [6, 6.07) is 0. The summed E-state index contributed by atoms with van der Waals surface area (Å²) < 4.78 is 0. The Balaban J connectivity index is 3.27. The van der Waals surface area contributed by atoms with E-state index in [1.807, 2.05) is 20.0 Å². The maximum atomic E-state index is 10.0. The first-order chi connectivity index (χ1) is 5.81. The van der Waals surface area contributed by atoms with Crippen LogP contribution in [0.15, 0.2) is 0 Å². The molecule has 0 aliphatic carbocycles. The van der Waals surface area contributed by atoms with Crippen molar-refractivity contribution in [3.63, 3.8) is 0 Å². The third-order valence-corrected chi connectivity index (χ3v) is 4.14. The Morgan fingerprint density at radius 1 is 0.846 bits per heavy atom. The van der Waals surface area contributed by atoms with E-state index in [9.17, 15) is 4.89 Å². The van der Waals surface area contributed by atoms with Gasteiger partial charge < -0.3 is 0 Å². The molecule has 0 rings (SSSR count). The Kier molecular flexibility index (Phi) is 5.47. The Hall–Kier alpha value is 0.390. The van der Waals surface area contributed by atoms with E-state index in [-0.39, 0.29) is 0 Å². The molecule has 0 bridgehead atoms. The monoisotopic (exact) mass is 206 g/mol. The Morgan fingerprint density at radius 3 is 1.77 bits per heavy atom. The van der Waals surface area contributed by atoms with Gasteiger partial charge in [0.2, 0.25) is 0 Å². The van der Waals surface area contributed by atoms with Crippen LogP contribution in [0.2, 0.25) is 0 Å². The van der Waals surface area contributed by atoms with Crippen molar-refractivity contribution in [3.05, 3.63) is 0 Å². The first kappa shape index (κ1) is 13.4. The molecule has 13 heavy (non-hydrogen) atoms. The van der Waals surface area contributed by atoms with E-state index < -0.39 is 6.83 Å². The van der Waals surface area contributed by atoms with Crippen LogP contribution in [0.1, 0.15) is 45.4 Å². The van der Waals surface area contributed by atoms with Crippen molar-refractivity contribution in [3.8, 4) is 0 Å². The average molecular weight is 206 g/mol. The van der Waals surface area contributed by atoms with E-state index in [0.29, 0.717) is 0 Å². The summed E-state index contributed by atoms with van der Waals surface area (Å²) in [5, 5.41) is 0. The first-order valence-corrected chi connectivity index (χ1v) is 9.28. The summed E-state index contributed by atoms with van der Waals surface area (Å²) in [4.78, 5) is 10.0. The number of unbranched alkanes of at least 4 members (excludes halogenated alkanes) is 5. The van der Waals surface area contributed by atoms with Gasteiger partial charge in [-0.1, -0.05) is 0 Å². The number of rotatable bonds is 7. The molecule has 0 radical (unpaired) electrons. The second kappa shape index (κ2) is 5.32. The van der Waals surface area contributed by atoms with Crippen LogP contribution in [0, 0.1) is 0 Å². The minimum atomic E-state index is -2.18. The fourth-order valence-electron chi connectivity index (χ4n) is 1.44. The van der Waals surface area contributed by atoms with E-state index in [0.717, 1.165) is 6.16 Å². The number of hydrogen-bond acceptors (Lipinski definition) is 1. The van der Waals surface area contributed by atoms with Gasteiger partial charge in [-0.15, -0.1) is 0 Å². The third-order valence-electron chi connectivity index (χ3n) is 2.28. The van der Waals surface area contributed by atoms with Gasteiger partial charge in [0.15, 0.2) is 0 Å². The third kappa shape index (κ3) is 12.4. The van der Waals surface area contributed by atoms with Gasteiger partial charge in [0, 0.05) is 0 Å². The summed E-state index contributed by atoms with van der Waals surface area (Å²) in [7, 11) is 0. The maximum absolute atomic E-state index is 10.0. The Morgan fingerprint density at radius 2 is 1.31 bits per heavy atom. The summed E-state index contributed by atoms with van der Waals surface area (Å²) in [5.41, 5.74) is 0. The average Bonchev–Trinajstić information content (AvgIpc) is 1.93. The predicted octanol–water partition coefficient (Wildman–Crippen LogP) is 3.70. The molecule has 0 heterocycles. The molecule has 1 N–H and O–H groups in total. The summed E-state index contributed by atoms with van der Waals surface area (Å²) >= 11 is 0. The zero-order valence-electron chi connectivity index (χ0n) is 9.84. The van der Waals surface area contributed by atoms with Crippen molar-refractivity contribution in [2.24, 2.45) is 0 Å². The molecule has 0 fully saturated rings. The van der Waals surface area contributed by atoms with Crippen LogP contribution in [-0.4, -0.2) is 31.0 Å². The fourth-order valence-corrected chi connectivity index (χ4v) is 2.75. The molecule has 82 valence electrons. The topological polar surface area (TPSA) is 20.2 Å². The van der Waals surface area contributed by atoms with Gasteiger partial charge in [-0.3, -0.25) is 0 Å². The Bertz CT molecular complexity index is 126. The van der Waals surface area contributed by atoms with Crippen molar-refractivity contribution in [1.82, 2.24) is 0 Å². The van der Waals surface area contributed by atoms with Crippen LogP contribution in [0.25, 0.3) is 0 Å². The molecule has 0 saturated carbocycles. The molecular weight excluding hydrogens is 179 g/mol. The molecule has 0 saturated heterocycles. The van der Waals surface area contributed by atoms with E-state index in [2.05, 4.69) is 6.92 Å². The van der Waals surface area contributed by atoms with Gasteiger partial charge in [-0.05, 0) is 0 Å². The molecule has 0 aliphatic rings. The summed E-state index contributed by atoms with van der Waals surface area (Å²) in [5.74, 6) is 0. The minimum absolute atomic E-state index is 1.04. The van der Waals surface area contributed by atoms with Crippen LogP contribution in [-0.2, 0) is 0 Å². The standard InChI is InChI=1S/C11H27OP/c1-5-6-7-8-9-10-11-13(2,3,4)12/h12H,5-11H2,1-4H3. The van der Waals surface area contributed by atoms with Crippen molar-refractivity contribution >= 4 is 6.83 Å². The zero-order valence-corrected chi connectivity index (χ0v) is 10.7. The van der Waals surface area contributed by atoms with Gasteiger partial charge in [-0.2, -0.15) is 0 Å². The second-order valence-electron chi connectivity index (χ2n) is 5.52. The second-order valence-corrected chi connectivity index (χ2v) is 12.0. The predicted molar refractivity (Wildman–Crippen MR) is 65.2 cm³/mol. The van der Waals surface area contributed by atoms with Gasteiger partial charge in [0.05, 0.1) is 0 Å². The fraction of sp³-hybridized carbons (Fsp3) is 1.00. The molecule has 2 heteroatoms. The van der Waals surface area contributed by atoms with Crippen LogP contribution in [0.5, 0.6) is 0 Å². The van der Waals surface area contributed by atoms with Crippen molar-refractivity contribution in [1.29, 1.82) is 0 Å². The van der Waals surface area contributed by atoms with E-state index in [1.165, 1.54) is 38.5 Å². The molecule has 1 nitrogen and oxygen atoms in total. The molecular formula is C11H27OP. The van der Waals surface area contributed by atoms with Crippen molar-refractivity contribution in [2.45, 2.75) is 45.4 Å². The molecule has 0 aromatic heterocycles. The van der Waals surface area contributed by atoms with E-state index in [4.69, 9.17) is 0 Å². The van der Waals surface area contributed by atoms with Crippen LogP contribution < -0.4 is 0 Å². The van der Waals surface area contributed by atoms with E-state index in [1.54, 1.807) is 0 Å². The van der Waals surface area contributed by atoms with Crippen LogP contribution in [0.3, 0.4) is 0 Å². The Labute approximate surface area is 83.9 Å². The molecule has 0 aliphatic heterocycles. The molecule has 0 aromatic rings.